The highest BCUT2D eigenvalue weighted by atomic mass is 35.5. The van der Waals surface area contributed by atoms with Gasteiger partial charge in [-0.3, -0.25) is 9.78 Å². The summed E-state index contributed by atoms with van der Waals surface area (Å²) >= 11 is 12.3. The number of hydrogen-bond donors (Lipinski definition) is 3. The van der Waals surface area contributed by atoms with E-state index in [2.05, 4.69) is 9.82 Å². The molecule has 1 aliphatic rings. The Balaban J connectivity index is 1.71. The predicted molar refractivity (Wildman–Crippen MR) is 117 cm³/mol. The van der Waals surface area contributed by atoms with Crippen molar-refractivity contribution in [1.82, 2.24) is 19.5 Å². The van der Waals surface area contributed by atoms with Gasteiger partial charge in [0.15, 0.2) is 5.75 Å². The quantitative estimate of drug-likeness (QED) is 0.426. The van der Waals surface area contributed by atoms with E-state index in [4.69, 9.17) is 27.9 Å². The van der Waals surface area contributed by atoms with E-state index in [-0.39, 0.29) is 38.0 Å². The smallest absolute Gasteiger partial charge is 0.440 e. The van der Waals surface area contributed by atoms with Crippen LogP contribution < -0.4 is 20.7 Å². The van der Waals surface area contributed by atoms with Crippen molar-refractivity contribution in [3.05, 3.63) is 66.9 Å². The minimum absolute atomic E-state index is 0.0887. The zero-order chi connectivity index (χ0) is 25.7. The number of ether oxygens (including phenoxy) is 1. The van der Waals surface area contributed by atoms with Crippen molar-refractivity contribution in [2.24, 2.45) is 0 Å². The van der Waals surface area contributed by atoms with E-state index in [9.17, 15) is 36.3 Å². The molecule has 4 rings (SSSR count). The van der Waals surface area contributed by atoms with Gasteiger partial charge in [-0.1, -0.05) is 23.2 Å². The molecule has 1 fully saturated rings. The van der Waals surface area contributed by atoms with Crippen LogP contribution in [0.25, 0.3) is 5.69 Å². The summed E-state index contributed by atoms with van der Waals surface area (Å²) < 4.78 is 72.2. The van der Waals surface area contributed by atoms with Crippen LogP contribution in [0.1, 0.15) is 18.5 Å². The highest BCUT2D eigenvalue weighted by Crippen LogP contribution is 2.39. The molecule has 0 bridgehead atoms. The molecule has 186 valence electrons. The van der Waals surface area contributed by atoms with Gasteiger partial charge in [0.1, 0.15) is 16.4 Å². The fourth-order valence-corrected chi connectivity index (χ4v) is 4.87. The molecule has 0 unspecified atom stereocenters. The number of benzene rings is 2. The highest BCUT2D eigenvalue weighted by Gasteiger charge is 2.37. The number of aromatic amines is 1. The van der Waals surface area contributed by atoms with Crippen LogP contribution in [0.4, 0.5) is 13.2 Å². The van der Waals surface area contributed by atoms with Gasteiger partial charge in [-0.05, 0) is 37.1 Å². The molecule has 3 aromatic rings. The number of sulfonamides is 1. The van der Waals surface area contributed by atoms with E-state index >= 15 is 0 Å². The Morgan fingerprint density at radius 2 is 1.77 bits per heavy atom. The summed E-state index contributed by atoms with van der Waals surface area (Å²) in [6.07, 6.45) is -3.79. The van der Waals surface area contributed by atoms with Crippen molar-refractivity contribution in [2.45, 2.75) is 30.0 Å². The van der Waals surface area contributed by atoms with Crippen LogP contribution >= 0.6 is 23.2 Å². The number of rotatable bonds is 6. The Kier molecular flexibility index (Phi) is 6.34. The second-order valence-electron chi connectivity index (χ2n) is 7.38. The Bertz CT molecular complexity index is 1530. The first-order valence-electron chi connectivity index (χ1n) is 9.60. The number of phenolic OH excluding ortho intramolecular Hbond substituents is 1. The van der Waals surface area contributed by atoms with Crippen LogP contribution in [0.5, 0.6) is 17.2 Å². The maximum Gasteiger partial charge on any atom is 0.440 e. The van der Waals surface area contributed by atoms with Crippen LogP contribution in [-0.2, 0) is 16.2 Å². The van der Waals surface area contributed by atoms with Gasteiger partial charge in [0.2, 0.25) is 15.7 Å². The lowest BCUT2D eigenvalue weighted by atomic mass is 10.3. The van der Waals surface area contributed by atoms with Crippen molar-refractivity contribution in [1.29, 1.82) is 0 Å². The Morgan fingerprint density at radius 3 is 2.34 bits per heavy atom. The van der Waals surface area contributed by atoms with Crippen molar-refractivity contribution in [3.8, 4) is 22.9 Å². The largest absolute Gasteiger partial charge is 0.507 e. The number of alkyl halides is 3. The van der Waals surface area contributed by atoms with Crippen LogP contribution in [0.2, 0.25) is 10.0 Å². The number of nitrogens with one attached hydrogen (secondary N) is 2. The average Bonchev–Trinajstić information content (AvgIpc) is 3.54. The normalized spacial score (nSPS) is 14.2. The average molecular weight is 553 g/mol. The Labute approximate surface area is 203 Å². The molecule has 0 aliphatic heterocycles. The number of nitrogens with zero attached hydrogens (tertiary/aromatic N) is 2. The third-order valence-electron chi connectivity index (χ3n) is 4.66. The van der Waals surface area contributed by atoms with Crippen molar-refractivity contribution >= 4 is 33.2 Å². The highest BCUT2D eigenvalue weighted by molar-refractivity contribution is 7.89. The van der Waals surface area contributed by atoms with Gasteiger partial charge in [-0.15, -0.1) is 0 Å². The fourth-order valence-electron chi connectivity index (χ4n) is 2.90. The van der Waals surface area contributed by atoms with E-state index in [1.54, 1.807) is 0 Å². The van der Waals surface area contributed by atoms with Gasteiger partial charge in [0.25, 0.3) is 5.56 Å². The molecular weight excluding hydrogens is 540 g/mol. The third-order valence-corrected chi connectivity index (χ3v) is 6.78. The molecule has 3 N–H and O–H groups in total. The first-order chi connectivity index (χ1) is 16.3. The van der Waals surface area contributed by atoms with Crippen LogP contribution in [0.15, 0.2) is 44.8 Å². The standard InChI is InChI=1S/C19H13Cl2F3N4O6S/c20-11-5-9(28-18(31)25-17(30)16(26-28)19(22,23)24)6-12(21)15(11)34-10-3-4-13(29)14(7-10)35(32,33)27-8-1-2-8/h3-8,27,29H,1-2H2,(H,25,30,31). The third kappa shape index (κ3) is 5.29. The van der Waals surface area contributed by atoms with E-state index in [0.717, 1.165) is 24.3 Å². The van der Waals surface area contributed by atoms with Gasteiger partial charge in [-0.2, -0.15) is 23.0 Å². The maximum absolute atomic E-state index is 13.0. The van der Waals surface area contributed by atoms with Gasteiger partial charge in [-0.25, -0.2) is 17.9 Å². The molecule has 1 saturated carbocycles. The van der Waals surface area contributed by atoms with Crippen LogP contribution in [0.3, 0.4) is 0 Å². The van der Waals surface area contributed by atoms with E-state index in [1.165, 1.54) is 11.1 Å². The van der Waals surface area contributed by atoms with Crippen molar-refractivity contribution in [3.63, 3.8) is 0 Å². The summed E-state index contributed by atoms with van der Waals surface area (Å²) in [5, 5.41) is 12.5. The molecule has 1 aliphatic carbocycles. The number of H-pyrrole nitrogens is 1. The summed E-state index contributed by atoms with van der Waals surface area (Å²) in [6, 6.07) is 5.13. The number of halogens is 5. The van der Waals surface area contributed by atoms with Crippen LogP contribution in [0, 0.1) is 0 Å². The molecule has 1 aromatic heterocycles. The fraction of sp³-hybridized carbons (Fsp3) is 0.211. The molecule has 35 heavy (non-hydrogen) atoms. The predicted octanol–water partition coefficient (Wildman–Crippen LogP) is 3.19. The zero-order valence-electron chi connectivity index (χ0n) is 17.1. The zero-order valence-corrected chi connectivity index (χ0v) is 19.4. The maximum atomic E-state index is 13.0. The van der Waals surface area contributed by atoms with Crippen molar-refractivity contribution in [2.75, 3.05) is 0 Å². The number of phenols is 1. The number of hydrogen-bond acceptors (Lipinski definition) is 7. The lowest BCUT2D eigenvalue weighted by Gasteiger charge is -2.14. The molecule has 0 atom stereocenters. The number of aromatic nitrogens is 3. The Hall–Kier alpha value is -3.07. The molecule has 16 heteroatoms. The second-order valence-corrected chi connectivity index (χ2v) is 9.88. The van der Waals surface area contributed by atoms with Crippen molar-refractivity contribution < 1.29 is 31.4 Å². The Morgan fingerprint density at radius 1 is 1.14 bits per heavy atom. The first-order valence-corrected chi connectivity index (χ1v) is 11.8. The van der Waals surface area contributed by atoms with Gasteiger partial charge in [0, 0.05) is 12.1 Å². The van der Waals surface area contributed by atoms with E-state index in [1.807, 2.05) is 0 Å². The second kappa shape index (κ2) is 8.86. The monoisotopic (exact) mass is 552 g/mol. The summed E-state index contributed by atoms with van der Waals surface area (Å²) in [4.78, 5) is 24.6. The molecule has 2 aromatic carbocycles. The lowest BCUT2D eigenvalue weighted by Crippen LogP contribution is -2.37. The molecule has 0 spiro atoms. The molecule has 1 heterocycles. The minimum Gasteiger partial charge on any atom is -0.507 e. The SMILES string of the molecule is O=c1[nH]c(=O)n(-c2cc(Cl)c(Oc3ccc(O)c(S(=O)(=O)NC4CC4)c3)c(Cl)c2)nc1C(F)(F)F. The summed E-state index contributed by atoms with van der Waals surface area (Å²) in [5.41, 5.74) is -5.17. The van der Waals surface area contributed by atoms with E-state index in [0.29, 0.717) is 12.8 Å². The van der Waals surface area contributed by atoms with Gasteiger partial charge in [0.05, 0.1) is 15.7 Å². The topological polar surface area (TPSA) is 143 Å². The molecule has 0 saturated heterocycles. The van der Waals surface area contributed by atoms with Gasteiger partial charge >= 0.3 is 11.9 Å². The molecule has 10 nitrogen and oxygen atoms in total. The number of aromatic hydroxyl groups is 1. The minimum atomic E-state index is -5.13. The van der Waals surface area contributed by atoms with Crippen LogP contribution in [-0.4, -0.2) is 34.3 Å². The van der Waals surface area contributed by atoms with E-state index < -0.39 is 43.8 Å². The summed E-state index contributed by atoms with van der Waals surface area (Å²) in [5.74, 6) is -0.842. The molecular formula is C19H13Cl2F3N4O6S. The first kappa shape index (κ1) is 25.0. The van der Waals surface area contributed by atoms with Gasteiger partial charge < -0.3 is 9.84 Å². The molecule has 0 radical (unpaired) electrons. The lowest BCUT2D eigenvalue weighted by molar-refractivity contribution is -0.143. The summed E-state index contributed by atoms with van der Waals surface area (Å²) in [6.45, 7) is 0. The summed E-state index contributed by atoms with van der Waals surface area (Å²) in [7, 11) is -4.04. The molecule has 0 amide bonds.